The SMILES string of the molecule is NC(=O)C(CCNc1ccc(-c2ncccn2)cc1[N+](=O)[O-])CCN1C[C@H](O)[C@@H](O)[C@H](O)[C@H]1CO. The summed E-state index contributed by atoms with van der Waals surface area (Å²) < 4.78 is 0. The van der Waals surface area contributed by atoms with Gasteiger partial charge in [-0.05, 0) is 37.6 Å². The molecule has 1 aromatic heterocycles. The summed E-state index contributed by atoms with van der Waals surface area (Å²) in [6, 6.07) is 5.45. The molecule has 0 spiro atoms. The van der Waals surface area contributed by atoms with Crippen LogP contribution in [0.15, 0.2) is 36.7 Å². The summed E-state index contributed by atoms with van der Waals surface area (Å²) in [6.45, 7) is 0.0624. The molecule has 2 heterocycles. The number of likely N-dealkylation sites (tertiary alicyclic amines) is 1. The van der Waals surface area contributed by atoms with Crippen molar-refractivity contribution >= 4 is 17.3 Å². The molecule has 1 saturated heterocycles. The molecule has 13 heteroatoms. The molecule has 13 nitrogen and oxygen atoms in total. The van der Waals surface area contributed by atoms with Gasteiger partial charge in [0.05, 0.1) is 23.7 Å². The summed E-state index contributed by atoms with van der Waals surface area (Å²) in [5.41, 5.74) is 6.15. The van der Waals surface area contributed by atoms with Crippen molar-refractivity contribution in [2.75, 3.05) is 31.6 Å². The molecule has 0 bridgehead atoms. The van der Waals surface area contributed by atoms with Gasteiger partial charge in [0.25, 0.3) is 5.69 Å². The lowest BCUT2D eigenvalue weighted by Gasteiger charge is -2.43. The fraction of sp³-hybridized carbons (Fsp3) is 0.500. The van der Waals surface area contributed by atoms with E-state index >= 15 is 0 Å². The van der Waals surface area contributed by atoms with E-state index in [0.717, 1.165) is 0 Å². The van der Waals surface area contributed by atoms with Crippen LogP contribution in [-0.2, 0) is 4.79 Å². The molecule has 5 atom stereocenters. The quantitative estimate of drug-likeness (QED) is 0.168. The van der Waals surface area contributed by atoms with E-state index in [1.807, 2.05) is 0 Å². The molecule has 1 aliphatic heterocycles. The zero-order valence-corrected chi connectivity index (χ0v) is 19.0. The second-order valence-electron chi connectivity index (χ2n) is 8.46. The largest absolute Gasteiger partial charge is 0.395 e. The molecule has 35 heavy (non-hydrogen) atoms. The first kappa shape index (κ1) is 26.4. The first-order valence-corrected chi connectivity index (χ1v) is 11.2. The number of carbonyl (C=O) groups excluding carboxylic acids is 1. The molecule has 0 radical (unpaired) electrons. The van der Waals surface area contributed by atoms with E-state index in [2.05, 4.69) is 15.3 Å². The van der Waals surface area contributed by atoms with E-state index in [9.17, 15) is 35.3 Å². The number of nitro groups is 1. The predicted molar refractivity (Wildman–Crippen MR) is 125 cm³/mol. The lowest BCUT2D eigenvalue weighted by atomic mass is 9.92. The third kappa shape index (κ3) is 6.46. The van der Waals surface area contributed by atoms with Crippen LogP contribution in [0.2, 0.25) is 0 Å². The Kier molecular flexibility index (Phi) is 9.01. The Hall–Kier alpha value is -3.23. The number of β-amino-alcohol motifs (C(OH)–C–C–N with tert-alkyl or cyclic N) is 1. The molecule has 7 N–H and O–H groups in total. The highest BCUT2D eigenvalue weighted by atomic mass is 16.6. The second-order valence-corrected chi connectivity index (χ2v) is 8.46. The summed E-state index contributed by atoms with van der Waals surface area (Å²) in [6.07, 6.45) is -0.249. The number of rotatable bonds is 11. The molecule has 0 saturated carbocycles. The third-order valence-corrected chi connectivity index (χ3v) is 6.21. The van der Waals surface area contributed by atoms with Crippen molar-refractivity contribution in [3.05, 3.63) is 46.8 Å². The molecule has 1 fully saturated rings. The number of benzene rings is 1. The van der Waals surface area contributed by atoms with Crippen LogP contribution in [0.1, 0.15) is 12.8 Å². The van der Waals surface area contributed by atoms with E-state index in [1.165, 1.54) is 6.07 Å². The summed E-state index contributed by atoms with van der Waals surface area (Å²) in [7, 11) is 0. The van der Waals surface area contributed by atoms with Gasteiger partial charge in [0.15, 0.2) is 5.82 Å². The summed E-state index contributed by atoms with van der Waals surface area (Å²) in [5.74, 6) is -0.798. The van der Waals surface area contributed by atoms with Gasteiger partial charge >= 0.3 is 0 Å². The van der Waals surface area contributed by atoms with E-state index in [4.69, 9.17) is 5.73 Å². The van der Waals surface area contributed by atoms with E-state index < -0.39 is 47.7 Å². The number of hydrogen-bond donors (Lipinski definition) is 6. The van der Waals surface area contributed by atoms with Crippen molar-refractivity contribution in [3.8, 4) is 11.4 Å². The van der Waals surface area contributed by atoms with Crippen molar-refractivity contribution in [2.45, 2.75) is 37.2 Å². The number of hydrogen-bond acceptors (Lipinski definition) is 11. The van der Waals surface area contributed by atoms with Gasteiger partial charge in [0, 0.05) is 43.0 Å². The van der Waals surface area contributed by atoms with Crippen LogP contribution in [0.4, 0.5) is 11.4 Å². The lowest BCUT2D eigenvalue weighted by molar-refractivity contribution is -0.383. The normalized spacial score (nSPS) is 23.5. The van der Waals surface area contributed by atoms with Crippen LogP contribution in [0, 0.1) is 16.0 Å². The second kappa shape index (κ2) is 12.0. The van der Waals surface area contributed by atoms with Crippen LogP contribution in [0.5, 0.6) is 0 Å². The van der Waals surface area contributed by atoms with E-state index in [1.54, 1.807) is 35.5 Å². The maximum absolute atomic E-state index is 12.0. The molecule has 1 amide bonds. The van der Waals surface area contributed by atoms with Gasteiger partial charge in [0.1, 0.15) is 17.9 Å². The first-order chi connectivity index (χ1) is 16.7. The molecular weight excluding hydrogens is 460 g/mol. The van der Waals surface area contributed by atoms with Crippen LogP contribution in [0.25, 0.3) is 11.4 Å². The Morgan fingerprint density at radius 3 is 2.57 bits per heavy atom. The van der Waals surface area contributed by atoms with Gasteiger partial charge in [-0.25, -0.2) is 9.97 Å². The zero-order valence-electron chi connectivity index (χ0n) is 19.0. The minimum absolute atomic E-state index is 0.0247. The number of aromatic nitrogens is 2. The number of anilines is 1. The Bertz CT molecular complexity index is 1010. The van der Waals surface area contributed by atoms with Crippen LogP contribution in [-0.4, -0.2) is 96.7 Å². The minimum Gasteiger partial charge on any atom is -0.395 e. The van der Waals surface area contributed by atoms with Crippen molar-refractivity contribution in [1.29, 1.82) is 0 Å². The van der Waals surface area contributed by atoms with E-state index in [0.29, 0.717) is 11.4 Å². The van der Waals surface area contributed by atoms with E-state index in [-0.39, 0.29) is 43.9 Å². The van der Waals surface area contributed by atoms with Gasteiger partial charge in [-0.1, -0.05) is 0 Å². The number of aliphatic hydroxyl groups excluding tert-OH is 4. The standard InChI is InChI=1S/C22H30N6O7/c23-21(33)13(5-9-27-11-18(30)20(32)19(31)17(27)12-29)4-8-24-15-3-2-14(10-16(15)28(34)35)22-25-6-1-7-26-22/h1-3,6-7,10,13,17-20,24,29-32H,4-5,8-9,11-12H2,(H2,23,33)/t13?,17-,18+,19-,20-/m1/s1. The maximum atomic E-state index is 12.0. The Balaban J connectivity index is 1.61. The summed E-state index contributed by atoms with van der Waals surface area (Å²) in [4.78, 5) is 32.9. The Labute approximate surface area is 201 Å². The number of nitro benzene ring substituents is 1. The highest BCUT2D eigenvalue weighted by Gasteiger charge is 2.41. The monoisotopic (exact) mass is 490 g/mol. The third-order valence-electron chi connectivity index (χ3n) is 6.21. The Morgan fingerprint density at radius 2 is 1.94 bits per heavy atom. The molecule has 190 valence electrons. The smallest absolute Gasteiger partial charge is 0.293 e. The number of primary amides is 1. The minimum atomic E-state index is -1.37. The maximum Gasteiger partial charge on any atom is 0.293 e. The van der Waals surface area contributed by atoms with Crippen molar-refractivity contribution in [2.24, 2.45) is 11.7 Å². The molecule has 1 unspecified atom stereocenters. The number of nitrogens with two attached hydrogens (primary N) is 1. The number of nitrogens with one attached hydrogen (secondary N) is 1. The lowest BCUT2D eigenvalue weighted by Crippen LogP contribution is -2.62. The van der Waals surface area contributed by atoms with Crippen LogP contribution < -0.4 is 11.1 Å². The fourth-order valence-corrected chi connectivity index (χ4v) is 4.19. The van der Waals surface area contributed by atoms with Gasteiger partial charge in [-0.2, -0.15) is 0 Å². The fourth-order valence-electron chi connectivity index (χ4n) is 4.19. The van der Waals surface area contributed by atoms with Crippen molar-refractivity contribution in [3.63, 3.8) is 0 Å². The number of amides is 1. The average molecular weight is 491 g/mol. The van der Waals surface area contributed by atoms with Gasteiger partial charge < -0.3 is 31.5 Å². The number of carbonyl (C=O) groups is 1. The number of piperidine rings is 1. The van der Waals surface area contributed by atoms with Gasteiger partial charge in [-0.3, -0.25) is 19.8 Å². The van der Waals surface area contributed by atoms with Crippen LogP contribution >= 0.6 is 0 Å². The molecule has 3 rings (SSSR count). The van der Waals surface area contributed by atoms with Crippen LogP contribution in [0.3, 0.4) is 0 Å². The average Bonchev–Trinajstić information content (AvgIpc) is 2.85. The molecule has 2 aromatic rings. The summed E-state index contributed by atoms with van der Waals surface area (Å²) in [5, 5.41) is 54.0. The topological polar surface area (TPSA) is 208 Å². The number of nitrogens with zero attached hydrogens (tertiary/aromatic N) is 4. The molecule has 1 aliphatic rings. The zero-order chi connectivity index (χ0) is 25.5. The molecule has 0 aliphatic carbocycles. The molecular formula is C22H30N6O7. The predicted octanol–water partition coefficient (Wildman–Crippen LogP) is -0.895. The highest BCUT2D eigenvalue weighted by molar-refractivity contribution is 5.76. The number of aliphatic hydroxyl groups is 4. The molecule has 1 aromatic carbocycles. The van der Waals surface area contributed by atoms with Gasteiger partial charge in [0.2, 0.25) is 5.91 Å². The first-order valence-electron chi connectivity index (χ1n) is 11.2. The highest BCUT2D eigenvalue weighted by Crippen LogP contribution is 2.29. The van der Waals surface area contributed by atoms with Crippen molar-refractivity contribution in [1.82, 2.24) is 14.9 Å². The summed E-state index contributed by atoms with van der Waals surface area (Å²) >= 11 is 0. The van der Waals surface area contributed by atoms with Gasteiger partial charge in [-0.15, -0.1) is 0 Å². The Morgan fingerprint density at radius 1 is 1.23 bits per heavy atom. The van der Waals surface area contributed by atoms with Crippen molar-refractivity contribution < 1.29 is 30.1 Å².